The number of nitrogens with zero attached hydrogens (tertiary/aromatic N) is 6. The Labute approximate surface area is 214 Å². The Morgan fingerprint density at radius 2 is 1.65 bits per heavy atom. The summed E-state index contributed by atoms with van der Waals surface area (Å²) in [6, 6.07) is 24.9. The van der Waals surface area contributed by atoms with Crippen LogP contribution >= 0.6 is 0 Å². The number of hydrogen-bond donors (Lipinski definition) is 0. The second kappa shape index (κ2) is 10.6. The summed E-state index contributed by atoms with van der Waals surface area (Å²) in [6.07, 6.45) is 4.92. The third-order valence-corrected chi connectivity index (χ3v) is 6.38. The summed E-state index contributed by atoms with van der Waals surface area (Å²) >= 11 is 0. The zero-order chi connectivity index (χ0) is 25.8. The van der Waals surface area contributed by atoms with Gasteiger partial charge in [-0.05, 0) is 58.5 Å². The van der Waals surface area contributed by atoms with Gasteiger partial charge in [0, 0.05) is 23.0 Å². The Morgan fingerprint density at radius 3 is 2.35 bits per heavy atom. The van der Waals surface area contributed by atoms with Crippen LogP contribution < -0.4 is 5.69 Å². The van der Waals surface area contributed by atoms with Crippen molar-refractivity contribution in [2.24, 2.45) is 5.92 Å². The standard InChI is InChI=1S/C29H28N6O2/c1-21(2)12-17-25-19-34(28(36)24-8-4-3-5-9-24)29(37)33(25)18-22-13-15-23(16-14-22)26-10-6-7-11-27(26)35-20-30-31-32-35/h3-11,13-16,19-21H,12,17-18H2,1-2H3. The van der Waals surface area contributed by atoms with Crippen LogP contribution in [-0.2, 0) is 13.0 Å². The lowest BCUT2D eigenvalue weighted by molar-refractivity contribution is 0.0955. The average molecular weight is 493 g/mol. The van der Waals surface area contributed by atoms with Crippen LogP contribution in [0.15, 0.2) is 96.2 Å². The van der Waals surface area contributed by atoms with Gasteiger partial charge in [0.15, 0.2) is 0 Å². The Hall–Kier alpha value is -4.59. The van der Waals surface area contributed by atoms with Crippen LogP contribution in [-0.4, -0.2) is 35.2 Å². The van der Waals surface area contributed by atoms with Crippen molar-refractivity contribution >= 4 is 5.91 Å². The third-order valence-electron chi connectivity index (χ3n) is 6.38. The van der Waals surface area contributed by atoms with Crippen molar-refractivity contribution in [3.63, 3.8) is 0 Å². The lowest BCUT2D eigenvalue weighted by Crippen LogP contribution is -2.30. The van der Waals surface area contributed by atoms with Crippen molar-refractivity contribution in [3.8, 4) is 16.8 Å². The highest BCUT2D eigenvalue weighted by atomic mass is 16.2. The van der Waals surface area contributed by atoms with Gasteiger partial charge in [-0.15, -0.1) is 5.10 Å². The molecule has 0 fully saturated rings. The molecule has 3 aromatic carbocycles. The first-order valence-electron chi connectivity index (χ1n) is 12.3. The number of benzene rings is 3. The molecule has 0 aliphatic rings. The van der Waals surface area contributed by atoms with Gasteiger partial charge in [0.05, 0.1) is 12.2 Å². The zero-order valence-electron chi connectivity index (χ0n) is 20.9. The third kappa shape index (κ3) is 5.18. The van der Waals surface area contributed by atoms with Crippen LogP contribution in [0.2, 0.25) is 0 Å². The number of rotatable bonds is 8. The molecule has 0 radical (unpaired) electrons. The minimum absolute atomic E-state index is 0.315. The zero-order valence-corrected chi connectivity index (χ0v) is 20.9. The highest BCUT2D eigenvalue weighted by Crippen LogP contribution is 2.26. The Morgan fingerprint density at radius 1 is 0.919 bits per heavy atom. The maximum absolute atomic E-state index is 13.4. The molecule has 0 unspecified atom stereocenters. The molecular weight excluding hydrogens is 464 g/mol. The van der Waals surface area contributed by atoms with Gasteiger partial charge in [0.25, 0.3) is 5.91 Å². The minimum atomic E-state index is -0.319. The smallest absolute Gasteiger partial charge is 0.292 e. The van der Waals surface area contributed by atoms with E-state index in [1.807, 2.05) is 54.6 Å². The molecule has 0 amide bonds. The van der Waals surface area contributed by atoms with E-state index in [1.165, 1.54) is 4.57 Å². The van der Waals surface area contributed by atoms with E-state index < -0.39 is 0 Å². The SMILES string of the molecule is CC(C)CCc1cn(C(=O)c2ccccc2)c(=O)n1Cc1ccc(-c2ccccc2-n2cnnn2)cc1. The summed E-state index contributed by atoms with van der Waals surface area (Å²) in [6.45, 7) is 4.69. The van der Waals surface area contributed by atoms with Crippen molar-refractivity contribution < 1.29 is 4.79 Å². The van der Waals surface area contributed by atoms with E-state index in [4.69, 9.17) is 0 Å². The molecule has 0 saturated carbocycles. The molecule has 0 spiro atoms. The molecule has 0 bridgehead atoms. The summed E-state index contributed by atoms with van der Waals surface area (Å²) in [5.74, 6) is 0.168. The maximum atomic E-state index is 13.4. The van der Waals surface area contributed by atoms with Crippen molar-refractivity contribution in [3.05, 3.63) is 119 Å². The topological polar surface area (TPSA) is 87.6 Å². The number of tetrazole rings is 1. The van der Waals surface area contributed by atoms with Gasteiger partial charge in [-0.2, -0.15) is 4.68 Å². The van der Waals surface area contributed by atoms with Crippen molar-refractivity contribution in [2.75, 3.05) is 0 Å². The van der Waals surface area contributed by atoms with Gasteiger partial charge in [-0.3, -0.25) is 9.36 Å². The normalized spacial score (nSPS) is 11.2. The van der Waals surface area contributed by atoms with Crippen molar-refractivity contribution in [1.29, 1.82) is 0 Å². The van der Waals surface area contributed by atoms with E-state index in [1.54, 1.807) is 46.0 Å². The fourth-order valence-corrected chi connectivity index (χ4v) is 4.36. The number of imidazole rings is 1. The summed E-state index contributed by atoms with van der Waals surface area (Å²) in [7, 11) is 0. The second-order valence-corrected chi connectivity index (χ2v) is 9.43. The van der Waals surface area contributed by atoms with Gasteiger partial charge in [0.2, 0.25) is 0 Å². The maximum Gasteiger partial charge on any atom is 0.335 e. The van der Waals surface area contributed by atoms with Crippen LogP contribution in [0, 0.1) is 5.92 Å². The number of aryl methyl sites for hydroxylation is 1. The molecule has 2 heterocycles. The van der Waals surface area contributed by atoms with E-state index in [-0.39, 0.29) is 11.6 Å². The Kier molecular flexibility index (Phi) is 6.89. The lowest BCUT2D eigenvalue weighted by Gasteiger charge is -2.11. The molecule has 0 aliphatic carbocycles. The average Bonchev–Trinajstić information content (AvgIpc) is 3.57. The lowest BCUT2D eigenvalue weighted by atomic mass is 10.0. The molecule has 186 valence electrons. The van der Waals surface area contributed by atoms with Crippen LogP contribution in [0.4, 0.5) is 0 Å². The van der Waals surface area contributed by atoms with Crippen LogP contribution in [0.1, 0.15) is 41.9 Å². The summed E-state index contributed by atoms with van der Waals surface area (Å²) in [5.41, 5.74) is 4.89. The summed E-state index contributed by atoms with van der Waals surface area (Å²) < 4.78 is 4.59. The van der Waals surface area contributed by atoms with E-state index in [2.05, 4.69) is 29.4 Å². The fraction of sp³-hybridized carbons (Fsp3) is 0.207. The molecular formula is C29H28N6O2. The minimum Gasteiger partial charge on any atom is -0.292 e. The quantitative estimate of drug-likeness (QED) is 0.315. The highest BCUT2D eigenvalue weighted by Gasteiger charge is 2.18. The van der Waals surface area contributed by atoms with Gasteiger partial charge in [-0.1, -0.05) is 74.5 Å². The molecule has 2 aromatic heterocycles. The molecule has 0 aliphatic heterocycles. The Balaban J connectivity index is 1.46. The van der Waals surface area contributed by atoms with Gasteiger partial charge in [-0.25, -0.2) is 9.36 Å². The molecule has 5 rings (SSSR count). The number of carbonyl (C=O) groups is 1. The van der Waals surface area contributed by atoms with E-state index in [9.17, 15) is 9.59 Å². The molecule has 8 nitrogen and oxygen atoms in total. The molecule has 0 N–H and O–H groups in total. The van der Waals surface area contributed by atoms with Crippen LogP contribution in [0.3, 0.4) is 0 Å². The first-order chi connectivity index (χ1) is 18.0. The van der Waals surface area contributed by atoms with Gasteiger partial charge in [0.1, 0.15) is 6.33 Å². The molecule has 8 heteroatoms. The van der Waals surface area contributed by atoms with Crippen LogP contribution in [0.25, 0.3) is 16.8 Å². The van der Waals surface area contributed by atoms with Crippen molar-refractivity contribution in [1.82, 2.24) is 29.3 Å². The van der Waals surface area contributed by atoms with Gasteiger partial charge < -0.3 is 0 Å². The fourth-order valence-electron chi connectivity index (χ4n) is 4.36. The molecule has 0 atom stereocenters. The highest BCUT2D eigenvalue weighted by molar-refractivity contribution is 5.95. The first kappa shape index (κ1) is 24.1. The number of carbonyl (C=O) groups excluding carboxylic acids is 1. The monoisotopic (exact) mass is 492 g/mol. The summed E-state index contributed by atoms with van der Waals surface area (Å²) in [5, 5.41) is 11.5. The number of aromatic nitrogens is 6. The molecule has 0 saturated heterocycles. The van der Waals surface area contributed by atoms with E-state index >= 15 is 0 Å². The van der Waals surface area contributed by atoms with E-state index in [0.717, 1.165) is 40.9 Å². The predicted molar refractivity (Wildman–Crippen MR) is 142 cm³/mol. The van der Waals surface area contributed by atoms with Crippen LogP contribution in [0.5, 0.6) is 0 Å². The van der Waals surface area contributed by atoms with Gasteiger partial charge >= 0.3 is 5.69 Å². The molecule has 5 aromatic rings. The largest absolute Gasteiger partial charge is 0.335 e. The van der Waals surface area contributed by atoms with Crippen molar-refractivity contribution in [2.45, 2.75) is 33.2 Å². The predicted octanol–water partition coefficient (Wildman–Crippen LogP) is 4.62. The summed E-state index contributed by atoms with van der Waals surface area (Å²) in [4.78, 5) is 26.5. The van der Waals surface area contributed by atoms with E-state index in [0.29, 0.717) is 18.0 Å². The second-order valence-electron chi connectivity index (χ2n) is 9.43. The number of hydrogen-bond acceptors (Lipinski definition) is 5. The Bertz CT molecular complexity index is 1550. The number of para-hydroxylation sites is 1. The first-order valence-corrected chi connectivity index (χ1v) is 12.3. The molecule has 37 heavy (non-hydrogen) atoms.